The lowest BCUT2D eigenvalue weighted by molar-refractivity contribution is -0.140. The fourth-order valence-corrected chi connectivity index (χ4v) is 5.17. The fourth-order valence-electron chi connectivity index (χ4n) is 5.17. The molecule has 1 aliphatic carbocycles. The minimum atomic E-state index is -0.951. The maximum absolute atomic E-state index is 13.0. The summed E-state index contributed by atoms with van der Waals surface area (Å²) in [5, 5.41) is 15.0. The molecule has 1 fully saturated rings. The number of carboxylic acid groups (broad SMARTS) is 1. The van der Waals surface area contributed by atoms with Crippen LogP contribution in [0, 0.1) is 0 Å². The number of ether oxygens (including phenoxy) is 1. The number of fused-ring (bicyclic) bond motifs is 3. The first-order chi connectivity index (χ1) is 16.8. The van der Waals surface area contributed by atoms with Crippen LogP contribution >= 0.6 is 0 Å². The average Bonchev–Trinajstić information content (AvgIpc) is 3.16. The molecule has 0 bridgehead atoms. The molecule has 2 aromatic rings. The van der Waals surface area contributed by atoms with Crippen LogP contribution in [0.5, 0.6) is 0 Å². The molecule has 186 valence electrons. The summed E-state index contributed by atoms with van der Waals surface area (Å²) in [6, 6.07) is 15.4. The molecule has 1 aliphatic heterocycles. The molecule has 0 spiro atoms. The molecule has 0 unspecified atom stereocenters. The number of nitrogens with one attached hydrogen (secondary N) is 2. The van der Waals surface area contributed by atoms with Gasteiger partial charge < -0.3 is 25.4 Å². The molecule has 2 aliphatic rings. The zero-order chi connectivity index (χ0) is 25.0. The van der Waals surface area contributed by atoms with Gasteiger partial charge in [-0.2, -0.15) is 0 Å². The minimum absolute atomic E-state index is 0.0693. The van der Waals surface area contributed by atoms with E-state index in [9.17, 15) is 19.5 Å². The lowest BCUT2D eigenvalue weighted by atomic mass is 9.84. The summed E-state index contributed by atoms with van der Waals surface area (Å²) in [5.74, 6) is -1.40. The van der Waals surface area contributed by atoms with E-state index in [4.69, 9.17) is 4.74 Å². The Balaban J connectivity index is 1.38. The summed E-state index contributed by atoms with van der Waals surface area (Å²) >= 11 is 0. The van der Waals surface area contributed by atoms with Gasteiger partial charge in [0.15, 0.2) is 0 Å². The van der Waals surface area contributed by atoms with Crippen LogP contribution in [-0.2, 0) is 14.3 Å². The smallest absolute Gasteiger partial charge is 0.407 e. The van der Waals surface area contributed by atoms with Gasteiger partial charge >= 0.3 is 12.1 Å². The Kier molecular flexibility index (Phi) is 7.40. The lowest BCUT2D eigenvalue weighted by Gasteiger charge is -2.41. The van der Waals surface area contributed by atoms with E-state index in [1.165, 1.54) is 0 Å². The van der Waals surface area contributed by atoms with Crippen molar-refractivity contribution in [3.63, 3.8) is 0 Å². The van der Waals surface area contributed by atoms with E-state index < -0.39 is 23.6 Å². The second kappa shape index (κ2) is 10.5. The average molecular weight is 480 g/mol. The number of benzene rings is 2. The third-order valence-electron chi connectivity index (χ3n) is 7.18. The van der Waals surface area contributed by atoms with E-state index in [0.717, 1.165) is 22.3 Å². The normalized spacial score (nSPS) is 17.7. The Labute approximate surface area is 205 Å². The summed E-state index contributed by atoms with van der Waals surface area (Å²) in [4.78, 5) is 39.3. The van der Waals surface area contributed by atoms with Gasteiger partial charge in [-0.15, -0.1) is 0 Å². The molecule has 3 N–H and O–H groups in total. The van der Waals surface area contributed by atoms with E-state index >= 15 is 0 Å². The van der Waals surface area contributed by atoms with Crippen molar-refractivity contribution in [3.8, 4) is 11.1 Å². The molecule has 1 heterocycles. The van der Waals surface area contributed by atoms with Crippen molar-refractivity contribution in [1.82, 2.24) is 15.5 Å². The van der Waals surface area contributed by atoms with Gasteiger partial charge in [0.05, 0.1) is 12.0 Å². The van der Waals surface area contributed by atoms with Crippen molar-refractivity contribution >= 4 is 18.0 Å². The maximum atomic E-state index is 13.0. The summed E-state index contributed by atoms with van der Waals surface area (Å²) in [7, 11) is 1.97. The van der Waals surface area contributed by atoms with Crippen LogP contribution in [0.3, 0.4) is 0 Å². The molecule has 2 aromatic carbocycles. The topological polar surface area (TPSA) is 108 Å². The Morgan fingerprint density at radius 1 is 1.06 bits per heavy atom. The van der Waals surface area contributed by atoms with E-state index in [0.29, 0.717) is 32.4 Å². The van der Waals surface area contributed by atoms with Crippen molar-refractivity contribution in [3.05, 3.63) is 59.7 Å². The minimum Gasteiger partial charge on any atom is -0.481 e. The van der Waals surface area contributed by atoms with Gasteiger partial charge in [0.25, 0.3) is 0 Å². The summed E-state index contributed by atoms with van der Waals surface area (Å²) in [6.07, 6.45) is 0.642. The number of amides is 2. The predicted molar refractivity (Wildman–Crippen MR) is 132 cm³/mol. The molecule has 0 aromatic heterocycles. The van der Waals surface area contributed by atoms with Crippen LogP contribution in [0.15, 0.2) is 48.5 Å². The molecule has 0 saturated carbocycles. The van der Waals surface area contributed by atoms with Gasteiger partial charge in [0, 0.05) is 19.0 Å². The highest BCUT2D eigenvalue weighted by Crippen LogP contribution is 2.44. The molecule has 8 nitrogen and oxygen atoms in total. The largest absolute Gasteiger partial charge is 0.481 e. The molecule has 35 heavy (non-hydrogen) atoms. The number of carboxylic acids is 1. The molecule has 2 amide bonds. The first-order valence-corrected chi connectivity index (χ1v) is 12.2. The van der Waals surface area contributed by atoms with Crippen LogP contribution in [-0.4, -0.2) is 66.3 Å². The van der Waals surface area contributed by atoms with Crippen LogP contribution in [0.25, 0.3) is 11.1 Å². The number of hydrogen-bond donors (Lipinski definition) is 3. The number of nitrogens with zero attached hydrogens (tertiary/aromatic N) is 1. The Morgan fingerprint density at radius 2 is 1.63 bits per heavy atom. The first-order valence-electron chi connectivity index (χ1n) is 12.2. The molecule has 0 radical (unpaired) electrons. The Hall–Kier alpha value is -3.39. The number of likely N-dealkylation sites (tertiary alicyclic amines) is 1. The van der Waals surface area contributed by atoms with Crippen LogP contribution in [0.1, 0.15) is 49.7 Å². The van der Waals surface area contributed by atoms with Gasteiger partial charge in [0.2, 0.25) is 5.91 Å². The SMILES string of the molecule is CC[C@H](NC(=O)OCC1c2ccccc2-c2ccccc21)C(=O)NC1(CC(=O)O)CCN(C)CC1. The standard InChI is InChI=1S/C27H33N3O5/c1-3-23(25(33)29-27(16-24(31)32)12-14-30(2)15-13-27)28-26(34)35-17-22-20-10-6-4-8-18(20)19-9-5-7-11-21(19)22/h4-11,22-23H,3,12-17H2,1-2H3,(H,28,34)(H,29,33)(H,31,32)/t23-/m0/s1. The monoisotopic (exact) mass is 479 g/mol. The van der Waals surface area contributed by atoms with Crippen molar-refractivity contribution < 1.29 is 24.2 Å². The number of carbonyl (C=O) groups excluding carboxylic acids is 2. The van der Waals surface area contributed by atoms with Crippen LogP contribution in [0.4, 0.5) is 4.79 Å². The molecule has 1 atom stereocenters. The second-order valence-corrected chi connectivity index (χ2v) is 9.57. The number of aliphatic carboxylic acids is 1. The number of piperidine rings is 1. The van der Waals surface area contributed by atoms with E-state index in [2.05, 4.69) is 27.7 Å². The van der Waals surface area contributed by atoms with Gasteiger partial charge in [-0.25, -0.2) is 4.79 Å². The quantitative estimate of drug-likeness (QED) is 0.536. The van der Waals surface area contributed by atoms with E-state index in [-0.39, 0.29) is 24.9 Å². The highest BCUT2D eigenvalue weighted by atomic mass is 16.5. The van der Waals surface area contributed by atoms with E-state index in [1.54, 1.807) is 6.92 Å². The highest BCUT2D eigenvalue weighted by molar-refractivity contribution is 5.87. The van der Waals surface area contributed by atoms with Gasteiger partial charge in [0.1, 0.15) is 12.6 Å². The second-order valence-electron chi connectivity index (χ2n) is 9.57. The number of rotatable bonds is 8. The Morgan fingerprint density at radius 3 is 2.17 bits per heavy atom. The Bertz CT molecular complexity index is 1050. The van der Waals surface area contributed by atoms with Crippen molar-refractivity contribution in [2.24, 2.45) is 0 Å². The lowest BCUT2D eigenvalue weighted by Crippen LogP contribution is -2.59. The highest BCUT2D eigenvalue weighted by Gasteiger charge is 2.39. The number of carbonyl (C=O) groups is 3. The van der Waals surface area contributed by atoms with Crippen molar-refractivity contribution in [2.45, 2.75) is 50.1 Å². The zero-order valence-corrected chi connectivity index (χ0v) is 20.3. The van der Waals surface area contributed by atoms with Gasteiger partial charge in [-0.3, -0.25) is 9.59 Å². The number of alkyl carbamates (subject to hydrolysis) is 1. The number of hydrogen-bond acceptors (Lipinski definition) is 5. The summed E-state index contributed by atoms with van der Waals surface area (Å²) in [6.45, 7) is 3.36. The summed E-state index contributed by atoms with van der Waals surface area (Å²) < 4.78 is 5.59. The van der Waals surface area contributed by atoms with Crippen LogP contribution in [0.2, 0.25) is 0 Å². The van der Waals surface area contributed by atoms with E-state index in [1.807, 2.05) is 43.4 Å². The fraction of sp³-hybridized carbons (Fsp3) is 0.444. The first kappa shape index (κ1) is 24.7. The molecular formula is C27H33N3O5. The molecule has 4 rings (SSSR count). The summed E-state index contributed by atoms with van der Waals surface area (Å²) in [5.41, 5.74) is 3.70. The third kappa shape index (κ3) is 5.48. The predicted octanol–water partition coefficient (Wildman–Crippen LogP) is 3.36. The van der Waals surface area contributed by atoms with Gasteiger partial charge in [-0.1, -0.05) is 55.5 Å². The molecule has 8 heteroatoms. The van der Waals surface area contributed by atoms with Gasteiger partial charge in [-0.05, 0) is 48.6 Å². The third-order valence-corrected chi connectivity index (χ3v) is 7.18. The van der Waals surface area contributed by atoms with Crippen molar-refractivity contribution in [1.29, 1.82) is 0 Å². The van der Waals surface area contributed by atoms with Crippen molar-refractivity contribution in [2.75, 3.05) is 26.7 Å². The maximum Gasteiger partial charge on any atom is 0.407 e. The molecular weight excluding hydrogens is 446 g/mol. The zero-order valence-electron chi connectivity index (χ0n) is 20.3. The van der Waals surface area contributed by atoms with Crippen LogP contribution < -0.4 is 10.6 Å². The molecule has 1 saturated heterocycles.